The van der Waals surface area contributed by atoms with Crippen molar-refractivity contribution in [2.75, 3.05) is 13.1 Å². The van der Waals surface area contributed by atoms with Crippen LogP contribution in [0.15, 0.2) is 12.5 Å². The predicted octanol–water partition coefficient (Wildman–Crippen LogP) is 0.165. The van der Waals surface area contributed by atoms with Crippen molar-refractivity contribution in [3.05, 3.63) is 22.6 Å². The third-order valence-electron chi connectivity index (χ3n) is 3.20. The summed E-state index contributed by atoms with van der Waals surface area (Å²) in [6.45, 7) is 2.95. The van der Waals surface area contributed by atoms with Gasteiger partial charge in [-0.05, 0) is 23.3 Å². The molecule has 0 aromatic carbocycles. The van der Waals surface area contributed by atoms with Gasteiger partial charge in [0, 0.05) is 26.1 Å². The molecular weight excluding hydrogens is 252 g/mol. The number of carbonyl (C=O) groups excluding carboxylic acids is 1. The summed E-state index contributed by atoms with van der Waals surface area (Å²) in [7, 11) is 0. The Balaban J connectivity index is 1.85. The molecule has 0 spiro atoms. The molecule has 1 N–H and O–H groups in total. The Bertz CT molecular complexity index is 497. The molecule has 2 heterocycles. The third kappa shape index (κ3) is 3.28. The summed E-state index contributed by atoms with van der Waals surface area (Å²) < 4.78 is 1.52. The molecule has 1 saturated heterocycles. The van der Waals surface area contributed by atoms with Gasteiger partial charge >= 0.3 is 5.82 Å². The van der Waals surface area contributed by atoms with Crippen molar-refractivity contribution >= 4 is 11.7 Å². The van der Waals surface area contributed by atoms with Gasteiger partial charge in [-0.2, -0.15) is 0 Å². The Labute approximate surface area is 109 Å². The van der Waals surface area contributed by atoms with Crippen LogP contribution in [0.2, 0.25) is 0 Å². The molecule has 0 saturated carbocycles. The zero-order valence-electron chi connectivity index (χ0n) is 10.7. The molecule has 2 rings (SSSR count). The highest BCUT2D eigenvalue weighted by Gasteiger charge is 2.33. The number of aromatic nitrogens is 2. The maximum atomic E-state index is 11.9. The van der Waals surface area contributed by atoms with Crippen molar-refractivity contribution in [2.45, 2.75) is 31.9 Å². The van der Waals surface area contributed by atoms with Crippen LogP contribution in [-0.4, -0.2) is 49.1 Å². The number of carbonyl (C=O) groups is 1. The van der Waals surface area contributed by atoms with Gasteiger partial charge in [-0.25, -0.2) is 0 Å². The highest BCUT2D eigenvalue weighted by atomic mass is 16.6. The molecule has 1 amide bonds. The van der Waals surface area contributed by atoms with Crippen LogP contribution in [0.1, 0.15) is 19.8 Å². The number of aliphatic hydroxyl groups is 1. The number of hydrogen-bond donors (Lipinski definition) is 1. The number of amides is 1. The Morgan fingerprint density at radius 3 is 2.95 bits per heavy atom. The highest BCUT2D eigenvalue weighted by molar-refractivity contribution is 5.76. The Morgan fingerprint density at radius 2 is 2.42 bits per heavy atom. The summed E-state index contributed by atoms with van der Waals surface area (Å²) in [5.41, 5.74) is -0.802. The minimum atomic E-state index is -0.802. The van der Waals surface area contributed by atoms with E-state index in [-0.39, 0.29) is 18.1 Å². The van der Waals surface area contributed by atoms with E-state index in [1.165, 1.54) is 17.1 Å². The van der Waals surface area contributed by atoms with Gasteiger partial charge in [0.25, 0.3) is 0 Å². The second-order valence-electron chi connectivity index (χ2n) is 5.04. The number of nitro groups is 1. The maximum absolute atomic E-state index is 11.9. The van der Waals surface area contributed by atoms with Crippen LogP contribution in [0.5, 0.6) is 0 Å². The van der Waals surface area contributed by atoms with Crippen molar-refractivity contribution in [1.29, 1.82) is 0 Å². The summed E-state index contributed by atoms with van der Waals surface area (Å²) in [5, 5.41) is 20.2. The van der Waals surface area contributed by atoms with Gasteiger partial charge in [0.15, 0.2) is 0 Å². The summed E-state index contributed by atoms with van der Waals surface area (Å²) in [6, 6.07) is 0. The van der Waals surface area contributed by atoms with Gasteiger partial charge < -0.3 is 24.7 Å². The second kappa shape index (κ2) is 4.96. The lowest BCUT2D eigenvalue weighted by Crippen LogP contribution is -2.34. The summed E-state index contributed by atoms with van der Waals surface area (Å²) in [6.07, 6.45) is 3.46. The molecule has 8 nitrogen and oxygen atoms in total. The van der Waals surface area contributed by atoms with E-state index in [1.54, 1.807) is 11.8 Å². The van der Waals surface area contributed by atoms with Gasteiger partial charge in [-0.15, -0.1) is 0 Å². The molecule has 1 aromatic rings. The first-order valence-corrected chi connectivity index (χ1v) is 6.04. The van der Waals surface area contributed by atoms with Gasteiger partial charge in [0.05, 0.1) is 5.60 Å². The zero-order chi connectivity index (χ0) is 14.0. The number of aryl methyl sites for hydroxylation is 1. The molecule has 0 bridgehead atoms. The molecule has 104 valence electrons. The highest BCUT2D eigenvalue weighted by Crippen LogP contribution is 2.20. The normalized spacial score (nSPS) is 22.7. The summed E-state index contributed by atoms with van der Waals surface area (Å²) >= 11 is 0. The molecule has 8 heteroatoms. The van der Waals surface area contributed by atoms with Crippen LogP contribution in [-0.2, 0) is 11.3 Å². The summed E-state index contributed by atoms with van der Waals surface area (Å²) in [4.78, 5) is 27.0. The summed E-state index contributed by atoms with van der Waals surface area (Å²) in [5.74, 6) is -0.286. The standard InChI is InChI=1S/C11H16N4O4/c1-11(17)3-5-14(7-11)10(16)2-4-13-6-9(12-8-13)15(18)19/h6,8,17H,2-5,7H2,1H3. The van der Waals surface area contributed by atoms with E-state index >= 15 is 0 Å². The molecule has 1 fully saturated rings. The van der Waals surface area contributed by atoms with Crippen molar-refractivity contribution in [3.63, 3.8) is 0 Å². The fourth-order valence-corrected chi connectivity index (χ4v) is 2.11. The largest absolute Gasteiger partial charge is 0.388 e. The molecule has 1 aliphatic rings. The van der Waals surface area contributed by atoms with Crippen LogP contribution in [0.25, 0.3) is 0 Å². The Hall–Kier alpha value is -1.96. The van der Waals surface area contributed by atoms with Crippen LogP contribution in [0.3, 0.4) is 0 Å². The first-order chi connectivity index (χ1) is 8.87. The van der Waals surface area contributed by atoms with E-state index in [9.17, 15) is 20.0 Å². The first kappa shape index (κ1) is 13.5. The molecule has 19 heavy (non-hydrogen) atoms. The minimum absolute atomic E-state index is 0.0610. The van der Waals surface area contributed by atoms with Crippen molar-refractivity contribution in [3.8, 4) is 0 Å². The van der Waals surface area contributed by atoms with Crippen LogP contribution < -0.4 is 0 Å². The lowest BCUT2D eigenvalue weighted by molar-refractivity contribution is -0.389. The van der Waals surface area contributed by atoms with Gasteiger partial charge in [-0.3, -0.25) is 4.79 Å². The molecule has 1 aliphatic heterocycles. The smallest absolute Gasteiger partial charge is 0.381 e. The van der Waals surface area contributed by atoms with Gasteiger partial charge in [0.2, 0.25) is 12.2 Å². The van der Waals surface area contributed by atoms with Crippen LogP contribution >= 0.6 is 0 Å². The van der Waals surface area contributed by atoms with E-state index in [0.29, 0.717) is 26.1 Å². The average Bonchev–Trinajstić information content (AvgIpc) is 2.92. The minimum Gasteiger partial charge on any atom is -0.388 e. The van der Waals surface area contributed by atoms with E-state index < -0.39 is 10.5 Å². The topological polar surface area (TPSA) is 102 Å². The number of nitrogens with zero attached hydrogens (tertiary/aromatic N) is 4. The predicted molar refractivity (Wildman–Crippen MR) is 65.3 cm³/mol. The van der Waals surface area contributed by atoms with Gasteiger partial charge in [-0.1, -0.05) is 0 Å². The fraction of sp³-hybridized carbons (Fsp3) is 0.636. The molecule has 0 radical (unpaired) electrons. The monoisotopic (exact) mass is 268 g/mol. The SMILES string of the molecule is CC1(O)CCN(C(=O)CCn2cnc([N+](=O)[O-])c2)C1. The maximum Gasteiger partial charge on any atom is 0.381 e. The quantitative estimate of drug-likeness (QED) is 0.619. The Kier molecular flexibility index (Phi) is 3.52. The van der Waals surface area contributed by atoms with Crippen molar-refractivity contribution < 1.29 is 14.8 Å². The molecule has 1 atom stereocenters. The number of hydrogen-bond acceptors (Lipinski definition) is 5. The number of imidazole rings is 1. The van der Waals surface area contributed by atoms with E-state index in [1.807, 2.05) is 0 Å². The molecule has 1 unspecified atom stereocenters. The first-order valence-electron chi connectivity index (χ1n) is 6.04. The average molecular weight is 268 g/mol. The molecular formula is C11H16N4O4. The van der Waals surface area contributed by atoms with Crippen LogP contribution in [0, 0.1) is 10.1 Å². The lowest BCUT2D eigenvalue weighted by atomic mass is 10.1. The van der Waals surface area contributed by atoms with E-state index in [2.05, 4.69) is 4.98 Å². The number of likely N-dealkylation sites (tertiary alicyclic amines) is 1. The fourth-order valence-electron chi connectivity index (χ4n) is 2.11. The van der Waals surface area contributed by atoms with Crippen molar-refractivity contribution in [2.24, 2.45) is 0 Å². The van der Waals surface area contributed by atoms with Crippen LogP contribution in [0.4, 0.5) is 5.82 Å². The number of rotatable bonds is 4. The molecule has 1 aromatic heterocycles. The van der Waals surface area contributed by atoms with E-state index in [0.717, 1.165) is 0 Å². The molecule has 0 aliphatic carbocycles. The van der Waals surface area contributed by atoms with E-state index in [4.69, 9.17) is 0 Å². The van der Waals surface area contributed by atoms with Crippen molar-refractivity contribution in [1.82, 2.24) is 14.5 Å². The lowest BCUT2D eigenvalue weighted by Gasteiger charge is -2.18. The Morgan fingerprint density at radius 1 is 1.68 bits per heavy atom. The number of β-amino-alcohol motifs (C(OH)–C–C–N with tert-alkyl or cyclic N) is 1. The third-order valence-corrected chi connectivity index (χ3v) is 3.20. The second-order valence-corrected chi connectivity index (χ2v) is 5.04. The zero-order valence-corrected chi connectivity index (χ0v) is 10.7. The van der Waals surface area contributed by atoms with Gasteiger partial charge in [0.1, 0.15) is 6.20 Å².